The molecule has 1 aliphatic heterocycles. The van der Waals surface area contributed by atoms with Crippen molar-refractivity contribution in [3.8, 4) is 0 Å². The van der Waals surface area contributed by atoms with Gasteiger partial charge in [0.05, 0.1) is 6.54 Å². The smallest absolute Gasteiger partial charge is 0.251 e. The van der Waals surface area contributed by atoms with Crippen molar-refractivity contribution in [3.05, 3.63) is 29.8 Å². The second-order valence-corrected chi connectivity index (χ2v) is 7.11. The summed E-state index contributed by atoms with van der Waals surface area (Å²) in [4.78, 5) is 37.6. The highest BCUT2D eigenvalue weighted by molar-refractivity contribution is 5.98. The maximum absolute atomic E-state index is 12.2. The second-order valence-electron chi connectivity index (χ2n) is 7.11. The highest BCUT2D eigenvalue weighted by atomic mass is 16.2. The maximum Gasteiger partial charge on any atom is 0.251 e. The van der Waals surface area contributed by atoms with Gasteiger partial charge >= 0.3 is 0 Å². The summed E-state index contributed by atoms with van der Waals surface area (Å²) in [5.74, 6) is -0.418. The van der Waals surface area contributed by atoms with E-state index in [1.54, 1.807) is 29.2 Å². The van der Waals surface area contributed by atoms with E-state index >= 15 is 0 Å². The maximum atomic E-state index is 12.2. The van der Waals surface area contributed by atoms with Crippen molar-refractivity contribution in [2.75, 3.05) is 18.4 Å². The van der Waals surface area contributed by atoms with Gasteiger partial charge in [-0.15, -0.1) is 0 Å². The van der Waals surface area contributed by atoms with Gasteiger partial charge in [0.1, 0.15) is 0 Å². The molecule has 1 aliphatic rings. The molecule has 0 aliphatic carbocycles. The Kier molecular flexibility index (Phi) is 5.59. The monoisotopic (exact) mass is 331 g/mol. The first kappa shape index (κ1) is 18.0. The summed E-state index contributed by atoms with van der Waals surface area (Å²) in [6, 6.07) is 6.78. The van der Waals surface area contributed by atoms with Crippen molar-refractivity contribution in [1.29, 1.82) is 0 Å². The van der Waals surface area contributed by atoms with Crippen LogP contribution in [0.5, 0.6) is 0 Å². The number of piperidine rings is 1. The third kappa shape index (κ3) is 5.37. The number of carbonyl (C=O) groups excluding carboxylic acids is 3. The van der Waals surface area contributed by atoms with Gasteiger partial charge in [-0.2, -0.15) is 0 Å². The molecule has 6 nitrogen and oxygen atoms in total. The third-order valence-electron chi connectivity index (χ3n) is 3.65. The number of benzene rings is 1. The fourth-order valence-corrected chi connectivity index (χ4v) is 2.55. The normalized spacial score (nSPS) is 15.1. The third-order valence-corrected chi connectivity index (χ3v) is 3.65. The predicted octanol–water partition coefficient (Wildman–Crippen LogP) is 2.17. The van der Waals surface area contributed by atoms with E-state index in [2.05, 4.69) is 10.6 Å². The SMILES string of the molecule is CC(C)(C)NC(=O)c1cccc(NC(=O)CN2CCCCC2=O)c1. The highest BCUT2D eigenvalue weighted by Gasteiger charge is 2.20. The quantitative estimate of drug-likeness (QED) is 0.887. The molecule has 0 atom stereocenters. The molecule has 130 valence electrons. The Morgan fingerprint density at radius 2 is 1.96 bits per heavy atom. The Labute approximate surface area is 142 Å². The van der Waals surface area contributed by atoms with Gasteiger partial charge in [0, 0.05) is 29.8 Å². The Balaban J connectivity index is 1.97. The minimum atomic E-state index is -0.328. The van der Waals surface area contributed by atoms with Crippen molar-refractivity contribution in [3.63, 3.8) is 0 Å². The molecular weight excluding hydrogens is 306 g/mol. The van der Waals surface area contributed by atoms with Crippen LogP contribution in [0.1, 0.15) is 50.4 Å². The molecule has 2 rings (SSSR count). The highest BCUT2D eigenvalue weighted by Crippen LogP contribution is 2.14. The molecule has 1 fully saturated rings. The van der Waals surface area contributed by atoms with Gasteiger partial charge in [-0.1, -0.05) is 6.07 Å². The fraction of sp³-hybridized carbons (Fsp3) is 0.500. The number of hydrogen-bond donors (Lipinski definition) is 2. The molecule has 1 heterocycles. The molecule has 2 N–H and O–H groups in total. The molecule has 6 heteroatoms. The summed E-state index contributed by atoms with van der Waals surface area (Å²) in [6.07, 6.45) is 2.33. The van der Waals surface area contributed by atoms with Gasteiger partial charge in [-0.3, -0.25) is 14.4 Å². The molecule has 0 spiro atoms. The minimum Gasteiger partial charge on any atom is -0.347 e. The van der Waals surface area contributed by atoms with Crippen molar-refractivity contribution < 1.29 is 14.4 Å². The van der Waals surface area contributed by atoms with Gasteiger partial charge in [0.2, 0.25) is 11.8 Å². The number of nitrogens with one attached hydrogen (secondary N) is 2. The van der Waals surface area contributed by atoms with Crippen LogP contribution >= 0.6 is 0 Å². The molecule has 0 unspecified atom stereocenters. The lowest BCUT2D eigenvalue weighted by atomic mass is 10.1. The van der Waals surface area contributed by atoms with Crippen molar-refractivity contribution in [1.82, 2.24) is 10.2 Å². The van der Waals surface area contributed by atoms with E-state index < -0.39 is 0 Å². The summed E-state index contributed by atoms with van der Waals surface area (Å²) in [5, 5.41) is 5.64. The number of likely N-dealkylation sites (tertiary alicyclic amines) is 1. The molecule has 24 heavy (non-hydrogen) atoms. The van der Waals surface area contributed by atoms with Crippen LogP contribution in [-0.2, 0) is 9.59 Å². The first-order valence-corrected chi connectivity index (χ1v) is 8.25. The van der Waals surface area contributed by atoms with Crippen molar-refractivity contribution in [2.45, 2.75) is 45.6 Å². The van der Waals surface area contributed by atoms with Crippen molar-refractivity contribution in [2.24, 2.45) is 0 Å². The molecular formula is C18H25N3O3. The first-order chi connectivity index (χ1) is 11.2. The van der Waals surface area contributed by atoms with Crippen LogP contribution in [-0.4, -0.2) is 41.2 Å². The van der Waals surface area contributed by atoms with E-state index in [0.29, 0.717) is 24.2 Å². The summed E-state index contributed by atoms with van der Waals surface area (Å²) >= 11 is 0. The number of anilines is 1. The molecule has 1 saturated heterocycles. The van der Waals surface area contributed by atoms with E-state index in [-0.39, 0.29) is 29.8 Å². The standard InChI is InChI=1S/C18H25N3O3/c1-18(2,3)20-17(24)13-7-6-8-14(11-13)19-15(22)12-21-10-5-4-9-16(21)23/h6-8,11H,4-5,9-10,12H2,1-3H3,(H,19,22)(H,20,24). The van der Waals surface area contributed by atoms with E-state index in [0.717, 1.165) is 12.8 Å². The number of rotatable bonds is 4. The van der Waals surface area contributed by atoms with Crippen molar-refractivity contribution >= 4 is 23.4 Å². The number of nitrogens with zero attached hydrogens (tertiary/aromatic N) is 1. The topological polar surface area (TPSA) is 78.5 Å². The summed E-state index contributed by atoms with van der Waals surface area (Å²) in [7, 11) is 0. The van der Waals surface area contributed by atoms with E-state index in [1.807, 2.05) is 20.8 Å². The molecule has 3 amide bonds. The van der Waals surface area contributed by atoms with Crippen LogP contribution in [0.25, 0.3) is 0 Å². The second kappa shape index (κ2) is 7.47. The van der Waals surface area contributed by atoms with E-state index in [9.17, 15) is 14.4 Å². The molecule has 0 bridgehead atoms. The lowest BCUT2D eigenvalue weighted by Crippen LogP contribution is -2.41. The molecule has 1 aromatic carbocycles. The van der Waals surface area contributed by atoms with E-state index in [4.69, 9.17) is 0 Å². The Bertz CT molecular complexity index is 635. The lowest BCUT2D eigenvalue weighted by Gasteiger charge is -2.26. The van der Waals surface area contributed by atoms with Gasteiger partial charge in [0.15, 0.2) is 0 Å². The van der Waals surface area contributed by atoms with Gasteiger partial charge in [0.25, 0.3) is 5.91 Å². The molecule has 0 radical (unpaired) electrons. The zero-order valence-corrected chi connectivity index (χ0v) is 14.5. The zero-order valence-electron chi connectivity index (χ0n) is 14.5. The first-order valence-electron chi connectivity index (χ1n) is 8.25. The molecule has 0 aromatic heterocycles. The van der Waals surface area contributed by atoms with Gasteiger partial charge in [-0.05, 0) is 51.8 Å². The lowest BCUT2D eigenvalue weighted by molar-refractivity contribution is -0.136. The van der Waals surface area contributed by atoms with Gasteiger partial charge in [-0.25, -0.2) is 0 Å². The fourth-order valence-electron chi connectivity index (χ4n) is 2.55. The Morgan fingerprint density at radius 3 is 2.62 bits per heavy atom. The largest absolute Gasteiger partial charge is 0.347 e. The zero-order chi connectivity index (χ0) is 17.7. The van der Waals surface area contributed by atoms with Crippen LogP contribution in [0.4, 0.5) is 5.69 Å². The minimum absolute atomic E-state index is 0.0229. The van der Waals surface area contributed by atoms with Crippen LogP contribution in [0.15, 0.2) is 24.3 Å². The van der Waals surface area contributed by atoms with Crippen LogP contribution in [0, 0.1) is 0 Å². The Morgan fingerprint density at radius 1 is 1.21 bits per heavy atom. The predicted molar refractivity (Wildman–Crippen MR) is 92.7 cm³/mol. The summed E-state index contributed by atoms with van der Waals surface area (Å²) < 4.78 is 0. The summed E-state index contributed by atoms with van der Waals surface area (Å²) in [6.45, 7) is 6.40. The average Bonchev–Trinajstić information content (AvgIpc) is 2.48. The van der Waals surface area contributed by atoms with Crippen LogP contribution < -0.4 is 10.6 Å². The number of hydrogen-bond acceptors (Lipinski definition) is 3. The van der Waals surface area contributed by atoms with E-state index in [1.165, 1.54) is 0 Å². The van der Waals surface area contributed by atoms with Crippen LogP contribution in [0.3, 0.4) is 0 Å². The Hall–Kier alpha value is -2.37. The number of carbonyl (C=O) groups is 3. The van der Waals surface area contributed by atoms with Gasteiger partial charge < -0.3 is 15.5 Å². The molecule has 1 aromatic rings. The molecule has 0 saturated carbocycles. The number of amides is 3. The average molecular weight is 331 g/mol. The van der Waals surface area contributed by atoms with Crippen LogP contribution in [0.2, 0.25) is 0 Å². The summed E-state index contributed by atoms with van der Waals surface area (Å²) in [5.41, 5.74) is 0.702.